The maximum Gasteiger partial charge on any atom is 0.0991 e. The van der Waals surface area contributed by atoms with E-state index in [0.717, 1.165) is 18.3 Å². The quantitative estimate of drug-likeness (QED) is 0.498. The van der Waals surface area contributed by atoms with Gasteiger partial charge in [-0.1, -0.05) is 27.2 Å². The molecule has 1 rings (SSSR count). The van der Waals surface area contributed by atoms with E-state index in [1.807, 2.05) is 0 Å². The molecule has 0 aromatic carbocycles. The van der Waals surface area contributed by atoms with Gasteiger partial charge in [-0.25, -0.2) is 0 Å². The molecule has 0 aliphatic heterocycles. The Morgan fingerprint density at radius 3 is 2.33 bits per heavy atom. The van der Waals surface area contributed by atoms with Gasteiger partial charge in [0.15, 0.2) is 0 Å². The van der Waals surface area contributed by atoms with Crippen molar-refractivity contribution in [2.45, 2.75) is 40.0 Å². The first-order chi connectivity index (χ1) is 5.50. The van der Waals surface area contributed by atoms with E-state index in [1.54, 1.807) is 0 Å². The van der Waals surface area contributed by atoms with Crippen molar-refractivity contribution in [1.82, 2.24) is 0 Å². The van der Waals surface area contributed by atoms with Crippen LogP contribution in [0.3, 0.4) is 0 Å². The van der Waals surface area contributed by atoms with Crippen LogP contribution in [0.25, 0.3) is 0 Å². The second kappa shape index (κ2) is 3.46. The summed E-state index contributed by atoms with van der Waals surface area (Å²) in [5.74, 6) is 1.63. The molecule has 0 spiro atoms. The molecule has 2 N–H and O–H groups in total. The van der Waals surface area contributed by atoms with E-state index in [4.69, 9.17) is 5.73 Å². The van der Waals surface area contributed by atoms with Crippen LogP contribution in [-0.4, -0.2) is 12.4 Å². The molecule has 0 unspecified atom stereocenters. The molecule has 0 heterocycles. The van der Waals surface area contributed by atoms with Gasteiger partial charge in [0.1, 0.15) is 0 Å². The SMILES string of the molecule is CC(C)(C)C(N)=NCC1CCC1. The molecule has 0 radical (unpaired) electrons. The fourth-order valence-electron chi connectivity index (χ4n) is 1.14. The van der Waals surface area contributed by atoms with Gasteiger partial charge in [-0.15, -0.1) is 0 Å². The highest BCUT2D eigenvalue weighted by Gasteiger charge is 2.19. The fourth-order valence-corrected chi connectivity index (χ4v) is 1.14. The molecule has 12 heavy (non-hydrogen) atoms. The standard InChI is InChI=1S/C10H20N2/c1-10(2,3)9(11)12-7-8-5-4-6-8/h8H,4-7H2,1-3H3,(H2,11,12). The Kier molecular flexibility index (Phi) is 2.76. The molecule has 0 bridgehead atoms. The van der Waals surface area contributed by atoms with Gasteiger partial charge in [0.2, 0.25) is 0 Å². The van der Waals surface area contributed by atoms with Crippen molar-refractivity contribution in [2.75, 3.05) is 6.54 Å². The molecule has 0 aromatic heterocycles. The Bertz CT molecular complexity index is 173. The minimum atomic E-state index is 0.0454. The molecule has 0 saturated heterocycles. The van der Waals surface area contributed by atoms with E-state index in [-0.39, 0.29) is 5.41 Å². The van der Waals surface area contributed by atoms with Crippen LogP contribution in [0.5, 0.6) is 0 Å². The number of nitrogens with zero attached hydrogens (tertiary/aromatic N) is 1. The summed E-state index contributed by atoms with van der Waals surface area (Å²) in [6, 6.07) is 0. The summed E-state index contributed by atoms with van der Waals surface area (Å²) in [4.78, 5) is 4.41. The molecule has 1 saturated carbocycles. The molecule has 2 nitrogen and oxygen atoms in total. The van der Waals surface area contributed by atoms with Gasteiger partial charge in [0.05, 0.1) is 5.84 Å². The van der Waals surface area contributed by atoms with Crippen molar-refractivity contribution in [2.24, 2.45) is 22.1 Å². The van der Waals surface area contributed by atoms with Crippen molar-refractivity contribution in [3.63, 3.8) is 0 Å². The minimum Gasteiger partial charge on any atom is -0.387 e. The molecular weight excluding hydrogens is 148 g/mol. The molecule has 1 fully saturated rings. The molecule has 0 aromatic rings. The summed E-state index contributed by atoms with van der Waals surface area (Å²) >= 11 is 0. The summed E-state index contributed by atoms with van der Waals surface area (Å²) in [5.41, 5.74) is 5.87. The highest BCUT2D eigenvalue weighted by molar-refractivity contribution is 5.85. The first-order valence-electron chi connectivity index (χ1n) is 4.80. The molecule has 1 aliphatic rings. The van der Waals surface area contributed by atoms with Crippen LogP contribution >= 0.6 is 0 Å². The Labute approximate surface area is 75.3 Å². The normalized spacial score (nSPS) is 20.8. The molecule has 0 amide bonds. The lowest BCUT2D eigenvalue weighted by molar-refractivity contribution is 0.325. The molecular formula is C10H20N2. The van der Waals surface area contributed by atoms with E-state index >= 15 is 0 Å². The van der Waals surface area contributed by atoms with Crippen molar-refractivity contribution < 1.29 is 0 Å². The fraction of sp³-hybridized carbons (Fsp3) is 0.900. The van der Waals surface area contributed by atoms with Gasteiger partial charge in [-0.3, -0.25) is 4.99 Å². The Balaban J connectivity index is 2.34. The lowest BCUT2D eigenvalue weighted by Gasteiger charge is -2.25. The topological polar surface area (TPSA) is 38.4 Å². The van der Waals surface area contributed by atoms with Gasteiger partial charge < -0.3 is 5.73 Å². The average molecular weight is 168 g/mol. The third-order valence-electron chi connectivity index (χ3n) is 2.51. The zero-order chi connectivity index (χ0) is 9.19. The molecule has 0 atom stereocenters. The monoisotopic (exact) mass is 168 g/mol. The summed E-state index contributed by atoms with van der Waals surface area (Å²) in [6.45, 7) is 7.26. The first kappa shape index (κ1) is 9.56. The maximum atomic E-state index is 5.83. The summed E-state index contributed by atoms with van der Waals surface area (Å²) < 4.78 is 0. The summed E-state index contributed by atoms with van der Waals surface area (Å²) in [5, 5.41) is 0. The van der Waals surface area contributed by atoms with E-state index in [0.29, 0.717) is 0 Å². The van der Waals surface area contributed by atoms with Crippen LogP contribution in [0.4, 0.5) is 0 Å². The number of hydrogen-bond donors (Lipinski definition) is 1. The molecule has 2 heteroatoms. The van der Waals surface area contributed by atoms with Crippen molar-refractivity contribution >= 4 is 5.84 Å². The largest absolute Gasteiger partial charge is 0.387 e. The van der Waals surface area contributed by atoms with E-state index in [9.17, 15) is 0 Å². The van der Waals surface area contributed by atoms with Crippen LogP contribution in [0.15, 0.2) is 4.99 Å². The highest BCUT2D eigenvalue weighted by Crippen LogP contribution is 2.26. The highest BCUT2D eigenvalue weighted by atomic mass is 14.9. The summed E-state index contributed by atoms with van der Waals surface area (Å²) in [6.07, 6.45) is 4.08. The predicted octanol–water partition coefficient (Wildman–Crippen LogP) is 2.19. The third-order valence-corrected chi connectivity index (χ3v) is 2.51. The van der Waals surface area contributed by atoms with E-state index < -0.39 is 0 Å². The maximum absolute atomic E-state index is 5.83. The average Bonchev–Trinajstić information content (AvgIpc) is 1.81. The molecule has 70 valence electrons. The predicted molar refractivity (Wildman–Crippen MR) is 53.3 cm³/mol. The summed E-state index contributed by atoms with van der Waals surface area (Å²) in [7, 11) is 0. The lowest BCUT2D eigenvalue weighted by atomic mass is 9.85. The van der Waals surface area contributed by atoms with Crippen LogP contribution in [-0.2, 0) is 0 Å². The van der Waals surface area contributed by atoms with Gasteiger partial charge in [-0.2, -0.15) is 0 Å². The zero-order valence-corrected chi connectivity index (χ0v) is 8.43. The van der Waals surface area contributed by atoms with Crippen molar-refractivity contribution in [3.05, 3.63) is 0 Å². The smallest absolute Gasteiger partial charge is 0.0991 e. The van der Waals surface area contributed by atoms with Crippen LogP contribution in [0.2, 0.25) is 0 Å². The Hall–Kier alpha value is -0.530. The Morgan fingerprint density at radius 1 is 1.42 bits per heavy atom. The number of amidine groups is 1. The second-order valence-electron chi connectivity index (χ2n) is 4.77. The zero-order valence-electron chi connectivity index (χ0n) is 8.43. The van der Waals surface area contributed by atoms with Gasteiger partial charge in [-0.05, 0) is 18.8 Å². The van der Waals surface area contributed by atoms with Crippen LogP contribution in [0, 0.1) is 11.3 Å². The number of rotatable bonds is 2. The minimum absolute atomic E-state index is 0.0454. The first-order valence-corrected chi connectivity index (χ1v) is 4.80. The number of aliphatic imine (C=N–C) groups is 1. The van der Waals surface area contributed by atoms with Crippen LogP contribution < -0.4 is 5.73 Å². The molecule has 1 aliphatic carbocycles. The van der Waals surface area contributed by atoms with Crippen LogP contribution in [0.1, 0.15) is 40.0 Å². The van der Waals surface area contributed by atoms with E-state index in [1.165, 1.54) is 19.3 Å². The number of nitrogens with two attached hydrogens (primary N) is 1. The van der Waals surface area contributed by atoms with Gasteiger partial charge >= 0.3 is 0 Å². The number of hydrogen-bond acceptors (Lipinski definition) is 1. The second-order valence-corrected chi connectivity index (χ2v) is 4.77. The van der Waals surface area contributed by atoms with E-state index in [2.05, 4.69) is 25.8 Å². The third kappa shape index (κ3) is 2.50. The van der Waals surface area contributed by atoms with Gasteiger partial charge in [0, 0.05) is 12.0 Å². The van der Waals surface area contributed by atoms with Crippen molar-refractivity contribution in [3.8, 4) is 0 Å². The lowest BCUT2D eigenvalue weighted by Crippen LogP contribution is -2.30. The Morgan fingerprint density at radius 2 is 2.00 bits per heavy atom. The van der Waals surface area contributed by atoms with Gasteiger partial charge in [0.25, 0.3) is 0 Å². The van der Waals surface area contributed by atoms with Crippen molar-refractivity contribution in [1.29, 1.82) is 0 Å².